The molecule has 16 heavy (non-hydrogen) atoms. The minimum atomic E-state index is -0.255. The zero-order valence-corrected chi connectivity index (χ0v) is 9.84. The van der Waals surface area contributed by atoms with E-state index < -0.39 is 0 Å². The Labute approximate surface area is 97.8 Å². The lowest BCUT2D eigenvalue weighted by Crippen LogP contribution is -2.00. The highest BCUT2D eigenvalue weighted by molar-refractivity contribution is 7.17. The summed E-state index contributed by atoms with van der Waals surface area (Å²) in [7, 11) is 1.42. The van der Waals surface area contributed by atoms with E-state index >= 15 is 0 Å². The quantitative estimate of drug-likeness (QED) is 0.740. The van der Waals surface area contributed by atoms with Crippen molar-refractivity contribution in [3.63, 3.8) is 0 Å². The molecule has 1 aromatic heterocycles. The van der Waals surface area contributed by atoms with Crippen molar-refractivity contribution in [2.45, 2.75) is 18.8 Å². The lowest BCUT2D eigenvalue weighted by Gasteiger charge is -2.00. The number of carbonyl (C=O) groups is 1. The van der Waals surface area contributed by atoms with Crippen LogP contribution >= 0.6 is 11.3 Å². The molecule has 82 valence electrons. The van der Waals surface area contributed by atoms with E-state index in [2.05, 4.69) is 5.38 Å². The molecule has 1 heterocycles. The molecule has 3 rings (SSSR count). The number of methoxy groups -OCH3 is 1. The number of ether oxygens (including phenoxy) is 1. The molecule has 0 amide bonds. The van der Waals surface area contributed by atoms with Gasteiger partial charge >= 0.3 is 5.97 Å². The maximum Gasteiger partial charge on any atom is 0.337 e. The van der Waals surface area contributed by atoms with Crippen LogP contribution in [0.1, 0.15) is 34.7 Å². The summed E-state index contributed by atoms with van der Waals surface area (Å²) in [5.74, 6) is 0.469. The van der Waals surface area contributed by atoms with Gasteiger partial charge in [-0.05, 0) is 53.3 Å². The largest absolute Gasteiger partial charge is 0.465 e. The zero-order valence-electron chi connectivity index (χ0n) is 9.03. The summed E-state index contributed by atoms with van der Waals surface area (Å²) in [5, 5.41) is 3.46. The second-order valence-corrected chi connectivity index (χ2v) is 5.08. The summed E-state index contributed by atoms with van der Waals surface area (Å²) >= 11 is 1.76. The summed E-state index contributed by atoms with van der Waals surface area (Å²) in [6.45, 7) is 0. The van der Waals surface area contributed by atoms with E-state index in [1.807, 2.05) is 18.2 Å². The van der Waals surface area contributed by atoms with Gasteiger partial charge in [-0.2, -0.15) is 0 Å². The topological polar surface area (TPSA) is 26.3 Å². The number of carbonyl (C=O) groups excluding carboxylic acids is 1. The Kier molecular flexibility index (Phi) is 2.21. The van der Waals surface area contributed by atoms with E-state index in [1.54, 1.807) is 11.3 Å². The van der Waals surface area contributed by atoms with Gasteiger partial charge in [0.1, 0.15) is 0 Å². The van der Waals surface area contributed by atoms with Crippen molar-refractivity contribution in [2.24, 2.45) is 0 Å². The molecule has 0 saturated heterocycles. The standard InChI is InChI=1S/C13H12O2S/c1-15-13(14)9-4-5-12-10(6-9)11(7-16-12)8-2-3-8/h4-8H,2-3H2,1H3. The molecule has 1 fully saturated rings. The van der Waals surface area contributed by atoms with Crippen molar-refractivity contribution in [1.29, 1.82) is 0 Å². The Morgan fingerprint density at radius 3 is 2.94 bits per heavy atom. The van der Waals surface area contributed by atoms with Crippen LogP contribution in [0, 0.1) is 0 Å². The summed E-state index contributed by atoms with van der Waals surface area (Å²) in [4.78, 5) is 11.5. The minimum absolute atomic E-state index is 0.255. The average Bonchev–Trinajstić information content (AvgIpc) is 3.08. The molecule has 1 saturated carbocycles. The van der Waals surface area contributed by atoms with Gasteiger partial charge in [0, 0.05) is 4.70 Å². The van der Waals surface area contributed by atoms with Crippen molar-refractivity contribution in [3.05, 3.63) is 34.7 Å². The SMILES string of the molecule is COC(=O)c1ccc2scc(C3CC3)c2c1. The van der Waals surface area contributed by atoms with Crippen molar-refractivity contribution in [2.75, 3.05) is 7.11 Å². The Hall–Kier alpha value is -1.35. The number of hydrogen-bond donors (Lipinski definition) is 0. The highest BCUT2D eigenvalue weighted by atomic mass is 32.1. The van der Waals surface area contributed by atoms with Crippen LogP contribution in [0.25, 0.3) is 10.1 Å². The van der Waals surface area contributed by atoms with Crippen LogP contribution in [0.3, 0.4) is 0 Å². The van der Waals surface area contributed by atoms with Gasteiger partial charge in [-0.3, -0.25) is 0 Å². The molecule has 2 nitrogen and oxygen atoms in total. The number of fused-ring (bicyclic) bond motifs is 1. The van der Waals surface area contributed by atoms with Crippen LogP contribution in [0.5, 0.6) is 0 Å². The lowest BCUT2D eigenvalue weighted by atomic mass is 10.1. The van der Waals surface area contributed by atoms with Gasteiger partial charge in [-0.25, -0.2) is 4.79 Å². The molecule has 0 bridgehead atoms. The predicted molar refractivity (Wildman–Crippen MR) is 65.1 cm³/mol. The molecular weight excluding hydrogens is 220 g/mol. The molecule has 0 unspecified atom stereocenters. The maximum atomic E-state index is 11.5. The van der Waals surface area contributed by atoms with Crippen LogP contribution in [0.4, 0.5) is 0 Å². The van der Waals surface area contributed by atoms with E-state index in [9.17, 15) is 4.79 Å². The fraction of sp³-hybridized carbons (Fsp3) is 0.308. The molecule has 3 heteroatoms. The number of esters is 1. The third-order valence-corrected chi connectivity index (χ3v) is 4.02. The molecule has 0 radical (unpaired) electrons. The van der Waals surface area contributed by atoms with Gasteiger partial charge in [0.15, 0.2) is 0 Å². The first kappa shape index (κ1) is 9.85. The average molecular weight is 232 g/mol. The molecule has 0 N–H and O–H groups in total. The third-order valence-electron chi connectivity index (χ3n) is 3.04. The second-order valence-electron chi connectivity index (χ2n) is 4.17. The summed E-state index contributed by atoms with van der Waals surface area (Å²) in [6.07, 6.45) is 2.57. The van der Waals surface area contributed by atoms with Gasteiger partial charge in [-0.15, -0.1) is 11.3 Å². The monoisotopic (exact) mass is 232 g/mol. The third kappa shape index (κ3) is 1.52. The van der Waals surface area contributed by atoms with Gasteiger partial charge in [0.2, 0.25) is 0 Å². The minimum Gasteiger partial charge on any atom is -0.465 e. The first-order valence-corrected chi connectivity index (χ1v) is 6.27. The van der Waals surface area contributed by atoms with Gasteiger partial charge in [0.05, 0.1) is 12.7 Å². The first-order valence-electron chi connectivity index (χ1n) is 5.39. The zero-order chi connectivity index (χ0) is 11.1. The van der Waals surface area contributed by atoms with Crippen molar-refractivity contribution < 1.29 is 9.53 Å². The van der Waals surface area contributed by atoms with Gasteiger partial charge in [-0.1, -0.05) is 0 Å². The summed E-state index contributed by atoms with van der Waals surface area (Å²) in [6, 6.07) is 5.81. The number of benzene rings is 1. The Morgan fingerprint density at radius 2 is 2.25 bits per heavy atom. The maximum absolute atomic E-state index is 11.5. The first-order chi connectivity index (χ1) is 7.79. The molecule has 0 atom stereocenters. The van der Waals surface area contributed by atoms with Crippen molar-refractivity contribution in [3.8, 4) is 0 Å². The molecule has 2 aromatic rings. The van der Waals surface area contributed by atoms with E-state index in [1.165, 1.54) is 35.6 Å². The normalized spacial score (nSPS) is 15.3. The molecular formula is C13H12O2S. The summed E-state index contributed by atoms with van der Waals surface area (Å²) in [5.41, 5.74) is 2.06. The molecule has 0 aliphatic heterocycles. The summed E-state index contributed by atoms with van der Waals surface area (Å²) < 4.78 is 6.00. The number of hydrogen-bond acceptors (Lipinski definition) is 3. The van der Waals surface area contributed by atoms with E-state index in [4.69, 9.17) is 4.74 Å². The fourth-order valence-electron chi connectivity index (χ4n) is 2.00. The van der Waals surface area contributed by atoms with E-state index in [0.717, 1.165) is 5.92 Å². The Balaban J connectivity index is 2.13. The second kappa shape index (κ2) is 3.59. The Morgan fingerprint density at radius 1 is 1.44 bits per heavy atom. The lowest BCUT2D eigenvalue weighted by molar-refractivity contribution is 0.0601. The van der Waals surface area contributed by atoms with Crippen molar-refractivity contribution >= 4 is 27.4 Å². The van der Waals surface area contributed by atoms with Gasteiger partial charge < -0.3 is 4.74 Å². The molecule has 1 aliphatic carbocycles. The van der Waals surface area contributed by atoms with Crippen LogP contribution in [0.15, 0.2) is 23.6 Å². The smallest absolute Gasteiger partial charge is 0.337 e. The predicted octanol–water partition coefficient (Wildman–Crippen LogP) is 3.57. The van der Waals surface area contributed by atoms with Gasteiger partial charge in [0.25, 0.3) is 0 Å². The highest BCUT2D eigenvalue weighted by Crippen LogP contribution is 2.45. The Bertz CT molecular complexity index is 552. The van der Waals surface area contributed by atoms with E-state index in [-0.39, 0.29) is 5.97 Å². The van der Waals surface area contributed by atoms with Crippen LogP contribution in [-0.2, 0) is 4.74 Å². The molecule has 0 spiro atoms. The number of thiophene rings is 1. The molecule has 1 aliphatic rings. The molecule has 1 aromatic carbocycles. The van der Waals surface area contributed by atoms with Crippen LogP contribution < -0.4 is 0 Å². The highest BCUT2D eigenvalue weighted by Gasteiger charge is 2.26. The van der Waals surface area contributed by atoms with E-state index in [0.29, 0.717) is 5.56 Å². The fourth-order valence-corrected chi connectivity index (χ4v) is 3.03. The van der Waals surface area contributed by atoms with Crippen LogP contribution in [0.2, 0.25) is 0 Å². The van der Waals surface area contributed by atoms with Crippen LogP contribution in [-0.4, -0.2) is 13.1 Å². The number of rotatable bonds is 2. The van der Waals surface area contributed by atoms with Crippen molar-refractivity contribution in [1.82, 2.24) is 0 Å².